The second kappa shape index (κ2) is 10.6. The van der Waals surface area contributed by atoms with E-state index in [1.54, 1.807) is 36.6 Å². The van der Waals surface area contributed by atoms with Crippen molar-refractivity contribution < 1.29 is 31.9 Å². The molecule has 1 heterocycles. The zero-order valence-corrected chi connectivity index (χ0v) is 17.8. The molecule has 176 valence electrons. The number of amides is 2. The highest BCUT2D eigenvalue weighted by Gasteiger charge is 2.28. The number of nitrogens with one attached hydrogen (secondary N) is 2. The van der Waals surface area contributed by atoms with Crippen molar-refractivity contribution in [2.75, 3.05) is 11.9 Å². The Balaban J connectivity index is 1.64. The Labute approximate surface area is 192 Å². The Kier molecular flexibility index (Phi) is 7.62. The Bertz CT molecular complexity index is 1210. The van der Waals surface area contributed by atoms with Crippen LogP contribution in [0.1, 0.15) is 21.5 Å². The maximum absolute atomic E-state index is 14.3. The van der Waals surface area contributed by atoms with Crippen molar-refractivity contribution in [3.8, 4) is 11.5 Å². The number of rotatable bonds is 7. The molecule has 0 bridgehead atoms. The van der Waals surface area contributed by atoms with E-state index in [4.69, 9.17) is 4.74 Å². The van der Waals surface area contributed by atoms with E-state index in [-0.39, 0.29) is 17.0 Å². The zero-order chi connectivity index (χ0) is 24.7. The van der Waals surface area contributed by atoms with Crippen molar-refractivity contribution in [3.63, 3.8) is 0 Å². The van der Waals surface area contributed by atoms with Gasteiger partial charge in [-0.15, -0.1) is 0 Å². The highest BCUT2D eigenvalue weighted by molar-refractivity contribution is 6.03. The van der Waals surface area contributed by atoms with E-state index in [2.05, 4.69) is 10.3 Å². The summed E-state index contributed by atoms with van der Waals surface area (Å²) in [5.74, 6) is -1.78. The Morgan fingerprint density at radius 1 is 1.12 bits per heavy atom. The number of nitrogens with zero attached hydrogens (tertiary/aromatic N) is 1. The van der Waals surface area contributed by atoms with Gasteiger partial charge in [0.1, 0.15) is 12.3 Å². The number of pyridine rings is 1. The fourth-order valence-corrected chi connectivity index (χ4v) is 2.76. The molecule has 1 aromatic heterocycles. The minimum absolute atomic E-state index is 0.00848. The van der Waals surface area contributed by atoms with Crippen LogP contribution in [0.3, 0.4) is 0 Å². The fourth-order valence-electron chi connectivity index (χ4n) is 2.76. The third kappa shape index (κ3) is 7.16. The van der Waals surface area contributed by atoms with Crippen molar-refractivity contribution in [2.24, 2.45) is 0 Å². The van der Waals surface area contributed by atoms with Gasteiger partial charge in [0, 0.05) is 23.5 Å². The van der Waals surface area contributed by atoms with E-state index in [0.717, 1.165) is 6.08 Å². The van der Waals surface area contributed by atoms with Crippen LogP contribution in [0, 0.1) is 12.7 Å². The molecule has 0 atom stereocenters. The number of anilines is 1. The molecule has 2 N–H and O–H groups in total. The Morgan fingerprint density at radius 3 is 2.59 bits per heavy atom. The van der Waals surface area contributed by atoms with Gasteiger partial charge in [0.2, 0.25) is 5.91 Å². The number of carbonyl (C=O) groups excluding carboxylic acids is 2. The number of ether oxygens (including phenoxy) is 1. The predicted octanol–water partition coefficient (Wildman–Crippen LogP) is 5.27. The van der Waals surface area contributed by atoms with Gasteiger partial charge >= 0.3 is 6.18 Å². The van der Waals surface area contributed by atoms with Crippen LogP contribution in [0.25, 0.3) is 6.08 Å². The summed E-state index contributed by atoms with van der Waals surface area (Å²) >= 11 is 0. The number of alkyl halides is 3. The van der Waals surface area contributed by atoms with Crippen LogP contribution in [-0.2, 0) is 4.79 Å². The molecule has 3 rings (SSSR count). The van der Waals surface area contributed by atoms with Crippen LogP contribution in [0.15, 0.2) is 67.0 Å². The van der Waals surface area contributed by atoms with Crippen molar-refractivity contribution in [1.29, 1.82) is 0 Å². The predicted molar refractivity (Wildman–Crippen MR) is 118 cm³/mol. The van der Waals surface area contributed by atoms with Gasteiger partial charge in [0.25, 0.3) is 5.91 Å². The van der Waals surface area contributed by atoms with E-state index in [1.807, 2.05) is 0 Å². The van der Waals surface area contributed by atoms with E-state index in [0.29, 0.717) is 16.9 Å². The molecular formula is C24H19F4N3O3. The first kappa shape index (κ1) is 24.4. The molecule has 0 spiro atoms. The second-order valence-corrected chi connectivity index (χ2v) is 7.13. The van der Waals surface area contributed by atoms with Gasteiger partial charge in [-0.05, 0) is 60.5 Å². The van der Waals surface area contributed by atoms with E-state index >= 15 is 0 Å². The SMILES string of the molecule is Cc1ccc(C(=O)NCC(F)(F)F)cc1NC(=O)/C=C/c1ccc(Oc2cccnc2)c(F)c1. The van der Waals surface area contributed by atoms with Gasteiger partial charge in [0.05, 0.1) is 6.20 Å². The van der Waals surface area contributed by atoms with Gasteiger partial charge in [-0.2, -0.15) is 13.2 Å². The van der Waals surface area contributed by atoms with Gasteiger partial charge in [0.15, 0.2) is 11.6 Å². The highest BCUT2D eigenvalue weighted by atomic mass is 19.4. The van der Waals surface area contributed by atoms with Crippen molar-refractivity contribution in [1.82, 2.24) is 10.3 Å². The van der Waals surface area contributed by atoms with Crippen LogP contribution in [0.4, 0.5) is 23.2 Å². The summed E-state index contributed by atoms with van der Waals surface area (Å²) in [5.41, 5.74) is 1.20. The summed E-state index contributed by atoms with van der Waals surface area (Å²) in [6.45, 7) is 0.194. The summed E-state index contributed by atoms with van der Waals surface area (Å²) in [7, 11) is 0. The Morgan fingerprint density at radius 2 is 1.91 bits per heavy atom. The molecule has 2 amide bonds. The third-order valence-corrected chi connectivity index (χ3v) is 4.45. The molecular weight excluding hydrogens is 454 g/mol. The molecule has 2 aromatic carbocycles. The molecule has 0 saturated carbocycles. The molecule has 10 heteroatoms. The van der Waals surface area contributed by atoms with E-state index < -0.39 is 30.4 Å². The minimum Gasteiger partial charge on any atom is -0.453 e. The molecule has 0 aliphatic heterocycles. The average molecular weight is 473 g/mol. The van der Waals surface area contributed by atoms with Crippen molar-refractivity contribution in [2.45, 2.75) is 13.1 Å². The summed E-state index contributed by atoms with van der Waals surface area (Å²) in [5, 5.41) is 4.32. The topological polar surface area (TPSA) is 80.3 Å². The molecule has 6 nitrogen and oxygen atoms in total. The van der Waals surface area contributed by atoms with Gasteiger partial charge in [-0.25, -0.2) is 4.39 Å². The lowest BCUT2D eigenvalue weighted by Crippen LogP contribution is -2.33. The molecule has 0 radical (unpaired) electrons. The van der Waals surface area contributed by atoms with Crippen molar-refractivity contribution >= 4 is 23.6 Å². The number of hydrogen-bond donors (Lipinski definition) is 2. The number of halogens is 4. The second-order valence-electron chi connectivity index (χ2n) is 7.13. The third-order valence-electron chi connectivity index (χ3n) is 4.45. The van der Waals surface area contributed by atoms with Gasteiger partial charge < -0.3 is 15.4 Å². The summed E-state index contributed by atoms with van der Waals surface area (Å²) in [4.78, 5) is 28.1. The molecule has 0 saturated heterocycles. The molecule has 0 aliphatic rings. The number of aromatic nitrogens is 1. The molecule has 0 unspecified atom stereocenters. The average Bonchev–Trinajstić information content (AvgIpc) is 2.79. The van der Waals surface area contributed by atoms with Crippen LogP contribution in [-0.4, -0.2) is 29.5 Å². The largest absolute Gasteiger partial charge is 0.453 e. The molecule has 0 aliphatic carbocycles. The summed E-state index contributed by atoms with van der Waals surface area (Å²) < 4.78 is 56.7. The fraction of sp³-hybridized carbons (Fsp3) is 0.125. The first-order valence-electron chi connectivity index (χ1n) is 9.93. The normalized spacial score (nSPS) is 11.3. The monoisotopic (exact) mass is 473 g/mol. The highest BCUT2D eigenvalue weighted by Crippen LogP contribution is 2.25. The van der Waals surface area contributed by atoms with Crippen LogP contribution < -0.4 is 15.4 Å². The summed E-state index contributed by atoms with van der Waals surface area (Å²) in [6, 6.07) is 11.5. The van der Waals surface area contributed by atoms with Crippen LogP contribution in [0.2, 0.25) is 0 Å². The number of carbonyl (C=O) groups is 2. The smallest absolute Gasteiger partial charge is 0.405 e. The number of aryl methyl sites for hydroxylation is 1. The van der Waals surface area contributed by atoms with E-state index in [1.165, 1.54) is 42.6 Å². The maximum atomic E-state index is 14.3. The number of benzene rings is 2. The maximum Gasteiger partial charge on any atom is 0.405 e. The zero-order valence-electron chi connectivity index (χ0n) is 17.8. The van der Waals surface area contributed by atoms with Gasteiger partial charge in [-0.1, -0.05) is 12.1 Å². The first-order chi connectivity index (χ1) is 16.1. The van der Waals surface area contributed by atoms with Crippen LogP contribution in [0.5, 0.6) is 11.5 Å². The lowest BCUT2D eigenvalue weighted by atomic mass is 10.1. The lowest BCUT2D eigenvalue weighted by molar-refractivity contribution is -0.123. The minimum atomic E-state index is -4.54. The van der Waals surface area contributed by atoms with E-state index in [9.17, 15) is 27.2 Å². The quantitative estimate of drug-likeness (QED) is 0.362. The first-order valence-corrected chi connectivity index (χ1v) is 9.93. The van der Waals surface area contributed by atoms with Crippen LogP contribution >= 0.6 is 0 Å². The Hall–Kier alpha value is -4.21. The van der Waals surface area contributed by atoms with Gasteiger partial charge in [-0.3, -0.25) is 14.6 Å². The number of hydrogen-bond acceptors (Lipinski definition) is 4. The summed E-state index contributed by atoms with van der Waals surface area (Å²) in [6.07, 6.45) is 0.996. The molecule has 34 heavy (non-hydrogen) atoms. The van der Waals surface area contributed by atoms with Crippen molar-refractivity contribution in [3.05, 3.63) is 89.5 Å². The molecule has 3 aromatic rings. The lowest BCUT2D eigenvalue weighted by Gasteiger charge is -2.11. The standard InChI is InChI=1S/C24H19F4N3O3/c1-15-4-7-17(23(33)30-14-24(26,27)28)12-20(15)31-22(32)9-6-16-5-8-21(19(25)11-16)34-18-3-2-10-29-13-18/h2-13H,14H2,1H3,(H,30,33)(H,31,32)/b9-6+. The molecule has 0 fully saturated rings.